The van der Waals surface area contributed by atoms with Gasteiger partial charge in [0.15, 0.2) is 0 Å². The van der Waals surface area contributed by atoms with Crippen LogP contribution in [0.3, 0.4) is 0 Å². The van der Waals surface area contributed by atoms with Crippen molar-refractivity contribution in [2.45, 2.75) is 30.9 Å². The first-order valence-corrected chi connectivity index (χ1v) is 15.0. The van der Waals surface area contributed by atoms with Gasteiger partial charge in [0.2, 0.25) is 0 Å². The van der Waals surface area contributed by atoms with Crippen LogP contribution in [0.2, 0.25) is 0 Å². The predicted octanol–water partition coefficient (Wildman–Crippen LogP) is 3.88. The van der Waals surface area contributed by atoms with Crippen LogP contribution in [-0.2, 0) is 10.0 Å². The number of carbonyl (C=O) groups is 2. The number of hydrogen-bond donors (Lipinski definition) is 3. The number of carbonyl (C=O) groups excluding carboxylic acids is 2. The number of anilines is 2. The maximum absolute atomic E-state index is 13.7. The van der Waals surface area contributed by atoms with Gasteiger partial charge in [0, 0.05) is 30.9 Å². The van der Waals surface area contributed by atoms with Gasteiger partial charge in [-0.15, -0.1) is 0 Å². The van der Waals surface area contributed by atoms with Crippen LogP contribution in [0.4, 0.5) is 16.2 Å². The van der Waals surface area contributed by atoms with Crippen molar-refractivity contribution in [3.05, 3.63) is 78.4 Å². The number of methoxy groups -OCH3 is 1. The van der Waals surface area contributed by atoms with Gasteiger partial charge in [0.25, 0.3) is 15.9 Å². The Morgan fingerprint density at radius 2 is 1.79 bits per heavy atom. The molecule has 3 atom stereocenters. The highest BCUT2D eigenvalue weighted by atomic mass is 32.2. The number of benzene rings is 3. The molecule has 3 aromatic carbocycles. The van der Waals surface area contributed by atoms with Gasteiger partial charge in [0.1, 0.15) is 17.6 Å². The number of rotatable bonds is 9. The lowest BCUT2D eigenvalue weighted by molar-refractivity contribution is 0.0371. The molecule has 12 heteroatoms. The molecule has 0 spiro atoms. The van der Waals surface area contributed by atoms with E-state index in [0.717, 1.165) is 0 Å². The van der Waals surface area contributed by atoms with Crippen LogP contribution in [0.25, 0.3) is 0 Å². The molecular formula is C30H36N4O7S. The van der Waals surface area contributed by atoms with Gasteiger partial charge in [-0.2, -0.15) is 0 Å². The molecule has 224 valence electrons. The third-order valence-corrected chi connectivity index (χ3v) is 8.51. The van der Waals surface area contributed by atoms with E-state index in [0.29, 0.717) is 11.4 Å². The largest absolute Gasteiger partial charge is 0.497 e. The van der Waals surface area contributed by atoms with Gasteiger partial charge in [-0.3, -0.25) is 9.52 Å². The van der Waals surface area contributed by atoms with Crippen molar-refractivity contribution in [1.82, 2.24) is 9.80 Å². The Morgan fingerprint density at radius 3 is 2.43 bits per heavy atom. The van der Waals surface area contributed by atoms with Crippen molar-refractivity contribution >= 4 is 33.3 Å². The van der Waals surface area contributed by atoms with Gasteiger partial charge < -0.3 is 29.7 Å². The van der Waals surface area contributed by atoms with Crippen molar-refractivity contribution in [2.75, 3.05) is 43.9 Å². The maximum Gasteiger partial charge on any atom is 0.321 e. The number of aliphatic hydroxyl groups excluding tert-OH is 1. The van der Waals surface area contributed by atoms with Gasteiger partial charge in [-0.25, -0.2) is 13.2 Å². The quantitative estimate of drug-likeness (QED) is 0.341. The van der Waals surface area contributed by atoms with Gasteiger partial charge in [0.05, 0.1) is 36.8 Å². The maximum atomic E-state index is 13.7. The summed E-state index contributed by atoms with van der Waals surface area (Å²) in [6.07, 6.45) is -0.524. The van der Waals surface area contributed by atoms with E-state index in [1.54, 1.807) is 74.5 Å². The van der Waals surface area contributed by atoms with E-state index in [1.807, 2.05) is 6.92 Å². The summed E-state index contributed by atoms with van der Waals surface area (Å²) in [6, 6.07) is 18.5. The minimum absolute atomic E-state index is 0.0830. The van der Waals surface area contributed by atoms with Crippen LogP contribution in [0.1, 0.15) is 24.2 Å². The number of sulfonamides is 1. The number of nitrogens with zero attached hydrogens (tertiary/aromatic N) is 2. The summed E-state index contributed by atoms with van der Waals surface area (Å²) in [5.74, 6) is 0.300. The fourth-order valence-corrected chi connectivity index (χ4v) is 5.63. The van der Waals surface area contributed by atoms with Gasteiger partial charge in [-0.1, -0.05) is 25.1 Å². The molecule has 0 saturated heterocycles. The summed E-state index contributed by atoms with van der Waals surface area (Å²) < 4.78 is 39.8. The molecule has 42 heavy (non-hydrogen) atoms. The van der Waals surface area contributed by atoms with Crippen LogP contribution in [0.15, 0.2) is 77.7 Å². The molecule has 1 aliphatic rings. The number of likely N-dealkylation sites (N-methyl/N-ethyl adjacent to an activating group) is 1. The van der Waals surface area contributed by atoms with Crippen LogP contribution in [0, 0.1) is 5.92 Å². The van der Waals surface area contributed by atoms with E-state index in [-0.39, 0.29) is 53.5 Å². The lowest BCUT2D eigenvalue weighted by atomic mass is 9.99. The molecule has 0 aromatic heterocycles. The number of fused-ring (bicyclic) bond motifs is 1. The molecule has 3 N–H and O–H groups in total. The Balaban J connectivity index is 1.59. The topological polar surface area (TPSA) is 138 Å². The first-order valence-electron chi connectivity index (χ1n) is 13.5. The molecule has 4 rings (SSSR count). The normalized spacial score (nSPS) is 17.6. The molecule has 11 nitrogen and oxygen atoms in total. The second kappa shape index (κ2) is 13.1. The SMILES string of the molecule is COc1ccc(NC(=O)N(C)C[C@H]2Oc3ccc(NS(=O)(=O)c4ccccc4)cc3C(=O)N([C@H](C)CO)C[C@@H]2C)cc1. The lowest BCUT2D eigenvalue weighted by Gasteiger charge is -2.38. The van der Waals surface area contributed by atoms with E-state index in [1.165, 1.54) is 29.2 Å². The lowest BCUT2D eigenvalue weighted by Crippen LogP contribution is -2.50. The number of nitrogens with one attached hydrogen (secondary N) is 2. The third-order valence-electron chi connectivity index (χ3n) is 7.11. The summed E-state index contributed by atoms with van der Waals surface area (Å²) in [5, 5.41) is 12.7. The Hall–Kier alpha value is -4.29. The predicted molar refractivity (Wildman–Crippen MR) is 159 cm³/mol. The molecule has 0 bridgehead atoms. The third kappa shape index (κ3) is 7.12. The first kappa shape index (κ1) is 30.7. The minimum Gasteiger partial charge on any atom is -0.497 e. The van der Waals surface area contributed by atoms with Gasteiger partial charge in [-0.05, 0) is 61.5 Å². The standard InChI is InChI=1S/C30H36N4O7S/c1-20-17-34(21(2)19-35)29(36)26-16-23(32-42(38,39)25-8-6-5-7-9-25)12-15-27(26)41-28(20)18-33(3)30(37)31-22-10-13-24(40-4)14-11-22/h5-16,20-21,28,32,35H,17-19H2,1-4H3,(H,31,37)/t20-,21+,28+/m0/s1. The molecule has 0 unspecified atom stereocenters. The van der Waals surface area contributed by atoms with Crippen LogP contribution in [-0.4, -0.2) is 81.3 Å². The molecular weight excluding hydrogens is 560 g/mol. The van der Waals surface area contributed by atoms with Crippen molar-refractivity contribution in [3.8, 4) is 11.5 Å². The average Bonchev–Trinajstić information content (AvgIpc) is 2.99. The molecule has 0 aliphatic carbocycles. The molecule has 1 heterocycles. The molecule has 0 radical (unpaired) electrons. The fraction of sp³-hybridized carbons (Fsp3) is 0.333. The Labute approximate surface area is 246 Å². The molecule has 0 saturated carbocycles. The van der Waals surface area contributed by atoms with Crippen molar-refractivity contribution in [1.29, 1.82) is 0 Å². The molecule has 0 fully saturated rings. The molecule has 1 aliphatic heterocycles. The van der Waals surface area contributed by atoms with Crippen molar-refractivity contribution in [2.24, 2.45) is 5.92 Å². The number of aliphatic hydroxyl groups is 1. The molecule has 3 aromatic rings. The van der Waals surface area contributed by atoms with Gasteiger partial charge >= 0.3 is 6.03 Å². The highest BCUT2D eigenvalue weighted by Gasteiger charge is 2.34. The monoisotopic (exact) mass is 596 g/mol. The van der Waals surface area contributed by atoms with E-state index in [2.05, 4.69) is 10.0 Å². The van der Waals surface area contributed by atoms with Crippen molar-refractivity contribution in [3.63, 3.8) is 0 Å². The summed E-state index contributed by atoms with van der Waals surface area (Å²) >= 11 is 0. The summed E-state index contributed by atoms with van der Waals surface area (Å²) in [7, 11) is -0.684. The first-order chi connectivity index (χ1) is 20.0. The number of ether oxygens (including phenoxy) is 2. The smallest absolute Gasteiger partial charge is 0.321 e. The molecule has 3 amide bonds. The Bertz CT molecular complexity index is 1500. The van der Waals surface area contributed by atoms with Crippen LogP contribution >= 0.6 is 0 Å². The zero-order valence-electron chi connectivity index (χ0n) is 24.0. The number of amides is 3. The second-order valence-corrected chi connectivity index (χ2v) is 12.0. The summed E-state index contributed by atoms with van der Waals surface area (Å²) in [5.41, 5.74) is 0.932. The zero-order valence-corrected chi connectivity index (χ0v) is 24.8. The van der Waals surface area contributed by atoms with E-state index < -0.39 is 28.1 Å². The number of hydrogen-bond acceptors (Lipinski definition) is 7. The number of urea groups is 1. The Kier molecular flexibility index (Phi) is 9.59. The van der Waals surface area contributed by atoms with Crippen LogP contribution in [0.5, 0.6) is 11.5 Å². The highest BCUT2D eigenvalue weighted by molar-refractivity contribution is 7.92. The van der Waals surface area contributed by atoms with Crippen molar-refractivity contribution < 1.29 is 32.6 Å². The Morgan fingerprint density at radius 1 is 1.12 bits per heavy atom. The second-order valence-electron chi connectivity index (χ2n) is 10.3. The van der Waals surface area contributed by atoms with E-state index >= 15 is 0 Å². The fourth-order valence-electron chi connectivity index (χ4n) is 4.56. The van der Waals surface area contributed by atoms with Crippen LogP contribution < -0.4 is 19.5 Å². The summed E-state index contributed by atoms with van der Waals surface area (Å²) in [4.78, 5) is 29.8. The van der Waals surface area contributed by atoms with E-state index in [9.17, 15) is 23.1 Å². The average molecular weight is 597 g/mol. The summed E-state index contributed by atoms with van der Waals surface area (Å²) in [6.45, 7) is 3.83. The highest BCUT2D eigenvalue weighted by Crippen LogP contribution is 2.31. The minimum atomic E-state index is -3.90. The zero-order chi connectivity index (χ0) is 30.4. The van der Waals surface area contributed by atoms with E-state index in [4.69, 9.17) is 9.47 Å².